The summed E-state index contributed by atoms with van der Waals surface area (Å²) < 4.78 is 5.82. The monoisotopic (exact) mass is 276 g/mol. The number of hydrogen-bond acceptors (Lipinski definition) is 3. The molecular formula is C16H24N2O2. The highest BCUT2D eigenvalue weighted by Crippen LogP contribution is 2.25. The van der Waals surface area contributed by atoms with E-state index in [2.05, 4.69) is 5.32 Å². The fraction of sp³-hybridized carbons (Fsp3) is 0.562. The highest BCUT2D eigenvalue weighted by Gasteiger charge is 2.14. The van der Waals surface area contributed by atoms with Crippen LogP contribution >= 0.6 is 0 Å². The van der Waals surface area contributed by atoms with Crippen LogP contribution in [0.25, 0.3) is 0 Å². The Morgan fingerprint density at radius 2 is 1.95 bits per heavy atom. The minimum atomic E-state index is -0.503. The summed E-state index contributed by atoms with van der Waals surface area (Å²) in [5.41, 5.74) is 6.25. The zero-order valence-electron chi connectivity index (χ0n) is 12.1. The molecule has 1 atom stereocenters. The lowest BCUT2D eigenvalue weighted by molar-refractivity contribution is -0.117. The van der Waals surface area contributed by atoms with Gasteiger partial charge in [0, 0.05) is 5.69 Å². The van der Waals surface area contributed by atoms with Crippen molar-refractivity contribution in [1.29, 1.82) is 0 Å². The summed E-state index contributed by atoms with van der Waals surface area (Å²) in [5.74, 6) is 1.37. The third-order valence-corrected chi connectivity index (χ3v) is 3.75. The summed E-state index contributed by atoms with van der Waals surface area (Å²) in [5, 5.41) is 2.75. The van der Waals surface area contributed by atoms with Crippen molar-refractivity contribution in [3.63, 3.8) is 0 Å². The maximum atomic E-state index is 11.5. The molecule has 4 nitrogen and oxygen atoms in total. The summed E-state index contributed by atoms with van der Waals surface area (Å²) in [6.07, 6.45) is 6.59. The fourth-order valence-corrected chi connectivity index (χ4v) is 2.46. The van der Waals surface area contributed by atoms with Crippen LogP contribution in [0.4, 0.5) is 5.69 Å². The smallest absolute Gasteiger partial charge is 0.240 e. The number of ether oxygens (including phenoxy) is 1. The molecule has 0 aromatic heterocycles. The molecule has 1 saturated carbocycles. The number of carbonyl (C=O) groups is 1. The molecule has 1 aliphatic rings. The van der Waals surface area contributed by atoms with E-state index in [1.165, 1.54) is 32.1 Å². The van der Waals surface area contributed by atoms with Gasteiger partial charge in [-0.1, -0.05) is 19.3 Å². The quantitative estimate of drug-likeness (QED) is 0.869. The van der Waals surface area contributed by atoms with Crippen molar-refractivity contribution in [3.05, 3.63) is 24.3 Å². The first kappa shape index (κ1) is 14.9. The third-order valence-electron chi connectivity index (χ3n) is 3.75. The molecule has 4 heteroatoms. The summed E-state index contributed by atoms with van der Waals surface area (Å²) in [7, 11) is 0. The van der Waals surface area contributed by atoms with Crippen molar-refractivity contribution in [2.24, 2.45) is 11.7 Å². The Bertz CT molecular complexity index is 423. The molecule has 0 aliphatic heterocycles. The van der Waals surface area contributed by atoms with Gasteiger partial charge in [0.15, 0.2) is 0 Å². The number of benzene rings is 1. The van der Waals surface area contributed by atoms with E-state index in [1.54, 1.807) is 6.92 Å². The topological polar surface area (TPSA) is 64.4 Å². The summed E-state index contributed by atoms with van der Waals surface area (Å²) >= 11 is 0. The van der Waals surface area contributed by atoms with Crippen LogP contribution in [0.3, 0.4) is 0 Å². The molecule has 0 bridgehead atoms. The van der Waals surface area contributed by atoms with Crippen LogP contribution in [0.5, 0.6) is 5.75 Å². The molecule has 0 radical (unpaired) electrons. The largest absolute Gasteiger partial charge is 0.493 e. The minimum Gasteiger partial charge on any atom is -0.493 e. The van der Waals surface area contributed by atoms with Gasteiger partial charge in [0.05, 0.1) is 12.6 Å². The van der Waals surface area contributed by atoms with Crippen LogP contribution in [-0.4, -0.2) is 18.6 Å². The molecule has 1 amide bonds. The number of hydrogen-bond donors (Lipinski definition) is 2. The predicted molar refractivity (Wildman–Crippen MR) is 80.8 cm³/mol. The van der Waals surface area contributed by atoms with Crippen molar-refractivity contribution in [2.75, 3.05) is 11.9 Å². The van der Waals surface area contributed by atoms with E-state index in [4.69, 9.17) is 10.5 Å². The lowest BCUT2D eigenvalue weighted by Crippen LogP contribution is -2.32. The van der Waals surface area contributed by atoms with E-state index in [9.17, 15) is 4.79 Å². The molecule has 110 valence electrons. The van der Waals surface area contributed by atoms with Crippen molar-refractivity contribution in [1.82, 2.24) is 0 Å². The third kappa shape index (κ3) is 4.53. The van der Waals surface area contributed by atoms with E-state index in [0.29, 0.717) is 5.92 Å². The van der Waals surface area contributed by atoms with E-state index < -0.39 is 6.04 Å². The summed E-state index contributed by atoms with van der Waals surface area (Å²) in [6, 6.07) is 6.96. The number of amides is 1. The first-order valence-electron chi connectivity index (χ1n) is 7.44. The molecule has 3 N–H and O–H groups in total. The van der Waals surface area contributed by atoms with Gasteiger partial charge in [0.2, 0.25) is 5.91 Å². The van der Waals surface area contributed by atoms with Gasteiger partial charge in [0.1, 0.15) is 5.75 Å². The first-order chi connectivity index (χ1) is 9.65. The Morgan fingerprint density at radius 3 is 2.55 bits per heavy atom. The molecule has 0 heterocycles. The van der Waals surface area contributed by atoms with Crippen molar-refractivity contribution in [2.45, 2.75) is 45.1 Å². The van der Waals surface area contributed by atoms with Crippen LogP contribution in [0.15, 0.2) is 24.3 Å². The van der Waals surface area contributed by atoms with Crippen LogP contribution in [0.2, 0.25) is 0 Å². The Labute approximate surface area is 120 Å². The average Bonchev–Trinajstić information content (AvgIpc) is 2.47. The fourth-order valence-electron chi connectivity index (χ4n) is 2.46. The van der Waals surface area contributed by atoms with Crippen molar-refractivity contribution in [3.8, 4) is 5.75 Å². The second-order valence-electron chi connectivity index (χ2n) is 5.62. The molecular weight excluding hydrogens is 252 g/mol. The summed E-state index contributed by atoms with van der Waals surface area (Å²) in [6.45, 7) is 2.46. The standard InChI is InChI=1S/C16H24N2O2/c1-12(17)16(19)18-14-7-9-15(10-8-14)20-11-13-5-3-2-4-6-13/h7-10,12-13H,2-6,11,17H2,1H3,(H,18,19)/t12-/m0/s1. The molecule has 1 aromatic rings. The first-order valence-corrected chi connectivity index (χ1v) is 7.44. The maximum absolute atomic E-state index is 11.5. The van der Waals surface area contributed by atoms with E-state index in [0.717, 1.165) is 18.0 Å². The van der Waals surface area contributed by atoms with Crippen LogP contribution in [0.1, 0.15) is 39.0 Å². The lowest BCUT2D eigenvalue weighted by Gasteiger charge is -2.21. The van der Waals surface area contributed by atoms with Crippen molar-refractivity contribution >= 4 is 11.6 Å². The SMILES string of the molecule is C[C@H](N)C(=O)Nc1ccc(OCC2CCCCC2)cc1. The van der Waals surface area contributed by atoms with Crippen LogP contribution < -0.4 is 15.8 Å². The molecule has 0 spiro atoms. The van der Waals surface area contributed by atoms with E-state index in [1.807, 2.05) is 24.3 Å². The van der Waals surface area contributed by atoms with Gasteiger partial charge < -0.3 is 15.8 Å². The zero-order chi connectivity index (χ0) is 14.4. The molecule has 2 rings (SSSR count). The van der Waals surface area contributed by atoms with Gasteiger partial charge in [-0.25, -0.2) is 0 Å². The average molecular weight is 276 g/mol. The normalized spacial score (nSPS) is 17.5. The highest BCUT2D eigenvalue weighted by atomic mass is 16.5. The van der Waals surface area contributed by atoms with Gasteiger partial charge in [0.25, 0.3) is 0 Å². The van der Waals surface area contributed by atoms with Gasteiger partial charge in [-0.2, -0.15) is 0 Å². The second kappa shape index (κ2) is 7.29. The minimum absolute atomic E-state index is 0.180. The van der Waals surface area contributed by atoms with Crippen molar-refractivity contribution < 1.29 is 9.53 Å². The molecule has 1 aliphatic carbocycles. The molecule has 1 fully saturated rings. The van der Waals surface area contributed by atoms with Crippen LogP contribution in [0, 0.1) is 5.92 Å². The Balaban J connectivity index is 1.80. The van der Waals surface area contributed by atoms with Gasteiger partial charge in [-0.3, -0.25) is 4.79 Å². The number of nitrogens with one attached hydrogen (secondary N) is 1. The molecule has 20 heavy (non-hydrogen) atoms. The number of anilines is 1. The number of nitrogens with two attached hydrogens (primary N) is 1. The lowest BCUT2D eigenvalue weighted by atomic mass is 9.90. The van der Waals surface area contributed by atoms with Crippen LogP contribution in [-0.2, 0) is 4.79 Å². The Morgan fingerprint density at radius 1 is 1.30 bits per heavy atom. The molecule has 1 aromatic carbocycles. The van der Waals surface area contributed by atoms with E-state index >= 15 is 0 Å². The predicted octanol–water partition coefficient (Wildman–Crippen LogP) is 2.93. The summed E-state index contributed by atoms with van der Waals surface area (Å²) in [4.78, 5) is 11.5. The Hall–Kier alpha value is -1.55. The van der Waals surface area contributed by atoms with E-state index in [-0.39, 0.29) is 5.91 Å². The van der Waals surface area contributed by atoms with Gasteiger partial charge in [-0.05, 0) is 49.9 Å². The number of carbonyl (C=O) groups excluding carboxylic acids is 1. The second-order valence-corrected chi connectivity index (χ2v) is 5.62. The Kier molecular flexibility index (Phi) is 5.41. The zero-order valence-corrected chi connectivity index (χ0v) is 12.1. The number of rotatable bonds is 5. The maximum Gasteiger partial charge on any atom is 0.240 e. The van der Waals surface area contributed by atoms with Gasteiger partial charge >= 0.3 is 0 Å². The highest BCUT2D eigenvalue weighted by molar-refractivity contribution is 5.94. The molecule has 0 unspecified atom stereocenters. The molecule has 0 saturated heterocycles. The van der Waals surface area contributed by atoms with Gasteiger partial charge in [-0.15, -0.1) is 0 Å².